The Hall–Kier alpha value is -1.49. The lowest BCUT2D eigenvalue weighted by molar-refractivity contribution is -0.149. The highest BCUT2D eigenvalue weighted by atomic mass is 32.2. The molecule has 1 N–H and O–H groups in total. The van der Waals surface area contributed by atoms with E-state index in [2.05, 4.69) is 4.72 Å². The van der Waals surface area contributed by atoms with Crippen molar-refractivity contribution in [2.24, 2.45) is 5.92 Å². The molecule has 0 unspecified atom stereocenters. The number of nitrogens with zero attached hydrogens (tertiary/aromatic N) is 1. The first-order valence-corrected chi connectivity index (χ1v) is 13.5. The Balaban J connectivity index is 1.65. The maximum atomic E-state index is 12.9. The predicted molar refractivity (Wildman–Crippen MR) is 112 cm³/mol. The number of carbonyl (C=O) groups is 1. The lowest BCUT2D eigenvalue weighted by Crippen LogP contribution is -2.40. The molecule has 1 aliphatic heterocycles. The summed E-state index contributed by atoms with van der Waals surface area (Å²) < 4.78 is 60.1. The van der Waals surface area contributed by atoms with Gasteiger partial charge < -0.3 is 4.74 Å². The summed E-state index contributed by atoms with van der Waals surface area (Å²) >= 11 is 0. The van der Waals surface area contributed by atoms with Gasteiger partial charge in [-0.1, -0.05) is 19.3 Å². The van der Waals surface area contributed by atoms with Crippen molar-refractivity contribution < 1.29 is 26.4 Å². The topological polar surface area (TPSA) is 110 Å². The molecule has 1 heterocycles. The molecular formula is C20H30N2O6S2. The standard InChI is InChI=1S/C20H30N2O6S2/c1-2-28-20(23)16-12-14-22(15-13-16)30(26,27)19-10-8-18(9-11-19)29(24,25)21-17-6-4-3-5-7-17/h8-11,16-17,21H,2-7,12-15H2,1H3. The minimum Gasteiger partial charge on any atom is -0.466 e. The van der Waals surface area contributed by atoms with Crippen molar-refractivity contribution in [3.8, 4) is 0 Å². The van der Waals surface area contributed by atoms with Gasteiger partial charge >= 0.3 is 5.97 Å². The Morgan fingerprint density at radius 2 is 1.53 bits per heavy atom. The van der Waals surface area contributed by atoms with E-state index in [-0.39, 0.29) is 40.8 Å². The van der Waals surface area contributed by atoms with Crippen molar-refractivity contribution in [3.63, 3.8) is 0 Å². The number of esters is 1. The fourth-order valence-electron chi connectivity index (χ4n) is 4.04. The van der Waals surface area contributed by atoms with Gasteiger partial charge in [-0.25, -0.2) is 21.6 Å². The van der Waals surface area contributed by atoms with Gasteiger partial charge in [0.15, 0.2) is 0 Å². The lowest BCUT2D eigenvalue weighted by atomic mass is 9.96. The normalized spacial score (nSPS) is 20.2. The third-order valence-electron chi connectivity index (χ3n) is 5.77. The molecule has 0 amide bonds. The van der Waals surface area contributed by atoms with E-state index in [0.717, 1.165) is 32.1 Å². The molecule has 1 saturated heterocycles. The zero-order chi connectivity index (χ0) is 21.8. The highest BCUT2D eigenvalue weighted by molar-refractivity contribution is 7.89. The van der Waals surface area contributed by atoms with E-state index >= 15 is 0 Å². The number of rotatable bonds is 7. The van der Waals surface area contributed by atoms with Gasteiger partial charge in [0.05, 0.1) is 22.3 Å². The van der Waals surface area contributed by atoms with E-state index in [1.54, 1.807) is 6.92 Å². The number of ether oxygens (including phenoxy) is 1. The summed E-state index contributed by atoms with van der Waals surface area (Å²) in [4.78, 5) is 12.0. The molecule has 8 nitrogen and oxygen atoms in total. The largest absolute Gasteiger partial charge is 0.466 e. The second-order valence-electron chi connectivity index (χ2n) is 7.86. The molecule has 3 rings (SSSR count). The number of nitrogens with one attached hydrogen (secondary N) is 1. The van der Waals surface area contributed by atoms with Crippen LogP contribution in [0.4, 0.5) is 0 Å². The van der Waals surface area contributed by atoms with Crippen molar-refractivity contribution in [2.45, 2.75) is 67.7 Å². The summed E-state index contributed by atoms with van der Waals surface area (Å²) in [7, 11) is -7.43. The molecule has 1 aliphatic carbocycles. The Labute approximate surface area is 179 Å². The summed E-state index contributed by atoms with van der Waals surface area (Å²) in [6, 6.07) is 5.28. The van der Waals surface area contributed by atoms with Crippen LogP contribution >= 0.6 is 0 Å². The third-order valence-corrected chi connectivity index (χ3v) is 9.22. The maximum absolute atomic E-state index is 12.9. The van der Waals surface area contributed by atoms with Gasteiger partial charge in [0.25, 0.3) is 0 Å². The van der Waals surface area contributed by atoms with Crippen LogP contribution in [0.5, 0.6) is 0 Å². The smallest absolute Gasteiger partial charge is 0.309 e. The van der Waals surface area contributed by atoms with E-state index < -0.39 is 20.0 Å². The molecule has 10 heteroatoms. The van der Waals surface area contributed by atoms with Crippen LogP contribution in [0.1, 0.15) is 51.9 Å². The van der Waals surface area contributed by atoms with Crippen molar-refractivity contribution in [3.05, 3.63) is 24.3 Å². The van der Waals surface area contributed by atoms with Crippen LogP contribution in [0.25, 0.3) is 0 Å². The molecule has 2 fully saturated rings. The van der Waals surface area contributed by atoms with Gasteiger partial charge in [-0.2, -0.15) is 4.31 Å². The summed E-state index contributed by atoms with van der Waals surface area (Å²) in [5.74, 6) is -0.565. The summed E-state index contributed by atoms with van der Waals surface area (Å²) in [5, 5.41) is 0. The number of hydrogen-bond acceptors (Lipinski definition) is 6. The minimum absolute atomic E-state index is 0.0497. The van der Waals surface area contributed by atoms with E-state index in [1.165, 1.54) is 28.6 Å². The van der Waals surface area contributed by atoms with Crippen LogP contribution in [0.2, 0.25) is 0 Å². The Morgan fingerprint density at radius 1 is 0.967 bits per heavy atom. The fourth-order valence-corrected chi connectivity index (χ4v) is 6.81. The molecule has 0 bridgehead atoms. The van der Waals surface area contributed by atoms with Crippen LogP contribution < -0.4 is 4.72 Å². The van der Waals surface area contributed by atoms with Crippen molar-refractivity contribution in [2.75, 3.05) is 19.7 Å². The number of benzene rings is 1. The Bertz CT molecular complexity index is 930. The molecular weight excluding hydrogens is 428 g/mol. The summed E-state index contributed by atoms with van der Waals surface area (Å²) in [5.41, 5.74) is 0. The molecule has 1 saturated carbocycles. The highest BCUT2D eigenvalue weighted by Gasteiger charge is 2.33. The van der Waals surface area contributed by atoms with Gasteiger partial charge in [-0.05, 0) is 56.9 Å². The molecule has 168 valence electrons. The van der Waals surface area contributed by atoms with Crippen molar-refractivity contribution in [1.82, 2.24) is 9.03 Å². The first-order valence-electron chi connectivity index (χ1n) is 10.5. The molecule has 1 aromatic carbocycles. The summed E-state index contributed by atoms with van der Waals surface area (Å²) in [6.45, 7) is 2.51. The van der Waals surface area contributed by atoms with Gasteiger partial charge in [0.1, 0.15) is 0 Å². The molecule has 2 aliphatic rings. The van der Waals surface area contributed by atoms with Gasteiger partial charge in [0, 0.05) is 19.1 Å². The monoisotopic (exact) mass is 458 g/mol. The van der Waals surface area contributed by atoms with Crippen LogP contribution in [-0.2, 0) is 29.6 Å². The predicted octanol–water partition coefficient (Wildman–Crippen LogP) is 2.26. The van der Waals surface area contributed by atoms with E-state index in [9.17, 15) is 21.6 Å². The zero-order valence-corrected chi connectivity index (χ0v) is 18.9. The van der Waals surface area contributed by atoms with Crippen molar-refractivity contribution >= 4 is 26.0 Å². The first-order chi connectivity index (χ1) is 14.2. The second-order valence-corrected chi connectivity index (χ2v) is 11.5. The first kappa shape index (κ1) is 23.2. The highest BCUT2D eigenvalue weighted by Crippen LogP contribution is 2.26. The number of hydrogen-bond donors (Lipinski definition) is 1. The molecule has 0 atom stereocenters. The van der Waals surface area contributed by atoms with Crippen LogP contribution in [0.15, 0.2) is 34.1 Å². The van der Waals surface area contributed by atoms with E-state index in [0.29, 0.717) is 19.4 Å². The average molecular weight is 459 g/mol. The maximum Gasteiger partial charge on any atom is 0.309 e. The molecule has 1 aromatic rings. The van der Waals surface area contributed by atoms with Gasteiger partial charge in [-0.3, -0.25) is 4.79 Å². The molecule has 0 aromatic heterocycles. The third kappa shape index (κ3) is 5.40. The lowest BCUT2D eigenvalue weighted by Gasteiger charge is -2.30. The molecule has 30 heavy (non-hydrogen) atoms. The van der Waals surface area contributed by atoms with E-state index in [4.69, 9.17) is 4.74 Å². The quantitative estimate of drug-likeness (QED) is 0.628. The number of carbonyl (C=O) groups excluding carboxylic acids is 1. The molecule has 0 radical (unpaired) electrons. The van der Waals surface area contributed by atoms with Crippen LogP contribution in [0, 0.1) is 5.92 Å². The minimum atomic E-state index is -3.75. The zero-order valence-electron chi connectivity index (χ0n) is 17.2. The second kappa shape index (κ2) is 9.76. The molecule has 0 spiro atoms. The van der Waals surface area contributed by atoms with Crippen LogP contribution in [-0.4, -0.2) is 52.8 Å². The fraction of sp³-hybridized carbons (Fsp3) is 0.650. The average Bonchev–Trinajstić information content (AvgIpc) is 2.74. The van der Waals surface area contributed by atoms with E-state index in [1.807, 2.05) is 0 Å². The van der Waals surface area contributed by atoms with Crippen molar-refractivity contribution in [1.29, 1.82) is 0 Å². The summed E-state index contributed by atoms with van der Waals surface area (Å²) in [6.07, 6.45) is 5.63. The Kier molecular flexibility index (Phi) is 7.54. The number of piperidine rings is 1. The SMILES string of the molecule is CCOC(=O)C1CCN(S(=O)(=O)c2ccc(S(=O)(=O)NC3CCCCC3)cc2)CC1. The Morgan fingerprint density at radius 3 is 2.10 bits per heavy atom. The van der Waals surface area contributed by atoms with Gasteiger partial charge in [-0.15, -0.1) is 0 Å². The van der Waals surface area contributed by atoms with Gasteiger partial charge in [0.2, 0.25) is 20.0 Å². The van der Waals surface area contributed by atoms with Crippen LogP contribution in [0.3, 0.4) is 0 Å². The number of sulfonamides is 2.